The summed E-state index contributed by atoms with van der Waals surface area (Å²) in [5.41, 5.74) is 4.45. The Labute approximate surface area is 212 Å². The lowest BCUT2D eigenvalue weighted by Crippen LogP contribution is -2.16. The van der Waals surface area contributed by atoms with Crippen molar-refractivity contribution in [3.8, 4) is 23.6 Å². The molecule has 33 heavy (non-hydrogen) atoms. The van der Waals surface area contributed by atoms with Crippen LogP contribution in [0.4, 0.5) is 0 Å². The first-order valence-electron chi connectivity index (χ1n) is 10.9. The quantitative estimate of drug-likeness (QED) is 0.214. The highest BCUT2D eigenvalue weighted by molar-refractivity contribution is 9.11. The number of hydrogen-bond acceptors (Lipinski definition) is 6. The molecule has 0 aliphatic heterocycles. The molecule has 0 unspecified atom stereocenters. The minimum atomic E-state index is -1.42. The number of thiophene rings is 2. The fraction of sp³-hybridized carbons (Fsp3) is 0.440. The van der Waals surface area contributed by atoms with E-state index in [9.17, 15) is 9.59 Å². The summed E-state index contributed by atoms with van der Waals surface area (Å²) in [5.74, 6) is 4.48. The zero-order valence-corrected chi connectivity index (χ0v) is 23.2. The lowest BCUT2D eigenvalue weighted by Gasteiger charge is -2.02. The van der Waals surface area contributed by atoms with E-state index in [2.05, 4.69) is 59.2 Å². The van der Waals surface area contributed by atoms with Crippen LogP contribution < -0.4 is 0 Å². The number of halogens is 1. The molecule has 2 aliphatic carbocycles. The summed E-state index contributed by atoms with van der Waals surface area (Å²) in [6.07, 6.45) is 5.84. The Morgan fingerprint density at radius 3 is 1.88 bits per heavy atom. The van der Waals surface area contributed by atoms with Crippen LogP contribution in [0.1, 0.15) is 73.9 Å². The minimum Gasteiger partial charge on any atom is -0.294 e. The van der Waals surface area contributed by atoms with E-state index in [4.69, 9.17) is 10.5 Å². The van der Waals surface area contributed by atoms with Crippen molar-refractivity contribution < 1.29 is 9.59 Å². The molecule has 170 valence electrons. The van der Waals surface area contributed by atoms with Gasteiger partial charge in [-0.3, -0.25) is 9.59 Å². The van der Waals surface area contributed by atoms with Crippen LogP contribution in [0.15, 0.2) is 15.9 Å². The fourth-order valence-electron chi connectivity index (χ4n) is 3.03. The maximum Gasteiger partial charge on any atom is 0.165 e. The second-order valence-corrected chi connectivity index (χ2v) is 17.7. The Bertz CT molecular complexity index is 1210. The summed E-state index contributed by atoms with van der Waals surface area (Å²) in [6.45, 7) is 6.54. The maximum atomic E-state index is 12.1. The molecule has 4 nitrogen and oxygen atoms in total. The van der Waals surface area contributed by atoms with Crippen LogP contribution in [0.5, 0.6) is 0 Å². The van der Waals surface area contributed by atoms with E-state index in [0.717, 1.165) is 21.5 Å². The molecule has 4 rings (SSSR count). The van der Waals surface area contributed by atoms with Crippen LogP contribution in [0.2, 0.25) is 19.6 Å². The number of nitriles is 2. The van der Waals surface area contributed by atoms with E-state index in [0.29, 0.717) is 45.6 Å². The number of carbonyl (C=O) groups is 2. The van der Waals surface area contributed by atoms with Gasteiger partial charge in [0.15, 0.2) is 11.6 Å². The summed E-state index contributed by atoms with van der Waals surface area (Å²) < 4.78 is 0.855. The number of hydrogen-bond donors (Lipinski definition) is 0. The molecule has 0 amide bonds. The standard InChI is InChI=1S/C15H17NOSSi.C10H8BrNOS/c1-19(2,3)7-6-12-9-13(15(10-16)18-12)14(17)8-11-4-5-11;11-10-4-7(9(5-12)14-10)8(13)3-6-1-2-6/h9,11H,4-5,8H2,1-3H3;4,6H,1-3H2. The van der Waals surface area contributed by atoms with Gasteiger partial charge in [-0.25, -0.2) is 0 Å². The molecule has 2 heterocycles. The first kappa shape index (κ1) is 25.6. The second-order valence-electron chi connectivity index (χ2n) is 9.51. The molecular formula is C25H25BrN2O2S2Si. The van der Waals surface area contributed by atoms with E-state index in [1.807, 2.05) is 0 Å². The number of nitrogens with zero attached hydrogens (tertiary/aromatic N) is 2. The van der Waals surface area contributed by atoms with E-state index in [1.165, 1.54) is 35.5 Å². The van der Waals surface area contributed by atoms with Crippen LogP contribution in [-0.2, 0) is 0 Å². The average Bonchev–Trinajstić information content (AvgIpc) is 3.67. The molecule has 2 aromatic rings. The number of Topliss-reactive ketones (excluding diaryl/α,β-unsaturated/α-hetero) is 2. The highest BCUT2D eigenvalue weighted by atomic mass is 79.9. The van der Waals surface area contributed by atoms with E-state index < -0.39 is 8.07 Å². The van der Waals surface area contributed by atoms with Crippen LogP contribution in [0.3, 0.4) is 0 Å². The average molecular weight is 558 g/mol. The Kier molecular flexibility index (Phi) is 8.48. The monoisotopic (exact) mass is 556 g/mol. The third-order valence-corrected chi connectivity index (χ3v) is 8.51. The molecule has 0 spiro atoms. The van der Waals surface area contributed by atoms with Gasteiger partial charge in [0, 0.05) is 24.0 Å². The van der Waals surface area contributed by atoms with E-state index in [-0.39, 0.29) is 11.6 Å². The lowest BCUT2D eigenvalue weighted by molar-refractivity contribution is 0.0968. The zero-order chi connectivity index (χ0) is 24.2. The summed E-state index contributed by atoms with van der Waals surface area (Å²) >= 11 is 5.96. The van der Waals surface area contributed by atoms with Gasteiger partial charge in [-0.05, 0) is 65.6 Å². The van der Waals surface area contributed by atoms with Gasteiger partial charge in [0.25, 0.3) is 0 Å². The molecule has 0 saturated heterocycles. The number of carbonyl (C=O) groups excluding carboxylic acids is 2. The topological polar surface area (TPSA) is 81.7 Å². The SMILES string of the molecule is C[Si](C)(C)C#Cc1cc(C(=O)CC2CC2)c(C#N)s1.N#Cc1sc(Br)cc1C(=O)CC1CC1. The zero-order valence-electron chi connectivity index (χ0n) is 19.0. The summed E-state index contributed by atoms with van der Waals surface area (Å²) in [5, 5.41) is 17.9. The first-order chi connectivity index (χ1) is 15.6. The molecule has 0 N–H and O–H groups in total. The third kappa shape index (κ3) is 8.05. The van der Waals surface area contributed by atoms with Crippen LogP contribution in [0, 0.1) is 46.0 Å². The van der Waals surface area contributed by atoms with Crippen molar-refractivity contribution >= 4 is 58.2 Å². The van der Waals surface area contributed by atoms with Gasteiger partial charge in [-0.15, -0.1) is 28.2 Å². The Morgan fingerprint density at radius 1 is 0.939 bits per heavy atom. The van der Waals surface area contributed by atoms with Gasteiger partial charge < -0.3 is 0 Å². The summed E-state index contributed by atoms with van der Waals surface area (Å²) in [7, 11) is -1.42. The molecule has 8 heteroatoms. The second kappa shape index (κ2) is 10.9. The van der Waals surface area contributed by atoms with Crippen molar-refractivity contribution in [3.05, 3.63) is 41.7 Å². The summed E-state index contributed by atoms with van der Waals surface area (Å²) in [6, 6.07) is 7.75. The van der Waals surface area contributed by atoms with Gasteiger partial charge in [0.05, 0.1) is 8.66 Å². The van der Waals surface area contributed by atoms with Gasteiger partial charge in [0.1, 0.15) is 30.0 Å². The third-order valence-electron chi connectivity index (χ3n) is 5.14. The van der Waals surface area contributed by atoms with Crippen LogP contribution in [0.25, 0.3) is 0 Å². The van der Waals surface area contributed by atoms with Crippen LogP contribution >= 0.6 is 38.6 Å². The van der Waals surface area contributed by atoms with Gasteiger partial charge in [-0.2, -0.15) is 10.5 Å². The summed E-state index contributed by atoms with van der Waals surface area (Å²) in [4.78, 5) is 25.7. The van der Waals surface area contributed by atoms with Crippen molar-refractivity contribution in [3.63, 3.8) is 0 Å². The van der Waals surface area contributed by atoms with Crippen LogP contribution in [-0.4, -0.2) is 19.6 Å². The van der Waals surface area contributed by atoms with Gasteiger partial charge in [-0.1, -0.05) is 25.6 Å². The Balaban J connectivity index is 0.000000194. The lowest BCUT2D eigenvalue weighted by atomic mass is 10.1. The smallest absolute Gasteiger partial charge is 0.165 e. The Hall–Kier alpha value is -2.02. The highest BCUT2D eigenvalue weighted by Crippen LogP contribution is 2.36. The molecule has 0 radical (unpaired) electrons. The molecular weight excluding hydrogens is 532 g/mol. The predicted octanol–water partition coefficient (Wildman–Crippen LogP) is 7.20. The number of rotatable bonds is 6. The Morgan fingerprint density at radius 2 is 1.42 bits per heavy atom. The molecule has 2 aliphatic rings. The van der Waals surface area contributed by atoms with Crippen molar-refractivity contribution in [1.29, 1.82) is 10.5 Å². The molecule has 2 saturated carbocycles. The maximum absolute atomic E-state index is 12.1. The molecule has 2 fully saturated rings. The van der Waals surface area contributed by atoms with Crippen molar-refractivity contribution in [1.82, 2.24) is 0 Å². The van der Waals surface area contributed by atoms with Crippen molar-refractivity contribution in [2.24, 2.45) is 11.8 Å². The molecule has 2 aromatic heterocycles. The van der Waals surface area contributed by atoms with E-state index in [1.54, 1.807) is 12.1 Å². The fourth-order valence-corrected chi connectivity index (χ4v) is 5.87. The highest BCUT2D eigenvalue weighted by Gasteiger charge is 2.27. The minimum absolute atomic E-state index is 0.108. The van der Waals surface area contributed by atoms with Crippen molar-refractivity contribution in [2.45, 2.75) is 58.2 Å². The van der Waals surface area contributed by atoms with Crippen molar-refractivity contribution in [2.75, 3.05) is 0 Å². The molecule has 0 aromatic carbocycles. The van der Waals surface area contributed by atoms with Gasteiger partial charge in [0.2, 0.25) is 0 Å². The largest absolute Gasteiger partial charge is 0.294 e. The van der Waals surface area contributed by atoms with Gasteiger partial charge >= 0.3 is 0 Å². The molecule has 0 atom stereocenters. The predicted molar refractivity (Wildman–Crippen MR) is 139 cm³/mol. The first-order valence-corrected chi connectivity index (χ1v) is 16.8. The number of ketones is 2. The normalized spacial score (nSPS) is 14.7. The molecule has 0 bridgehead atoms. The van der Waals surface area contributed by atoms with E-state index >= 15 is 0 Å².